The summed E-state index contributed by atoms with van der Waals surface area (Å²) in [6, 6.07) is -0.216. The number of aromatic nitrogens is 2. The highest BCUT2D eigenvalue weighted by Crippen LogP contribution is 2.20. The van der Waals surface area contributed by atoms with Crippen molar-refractivity contribution in [2.45, 2.75) is 32.7 Å². The SMILES string of the molecule is C[C@@H]1CCCN(C(=O)[C@H](C)n2cc(Br)cn2)C1. The zero-order valence-corrected chi connectivity index (χ0v) is 11.9. The number of amides is 1. The summed E-state index contributed by atoms with van der Waals surface area (Å²) >= 11 is 3.35. The number of piperidine rings is 1. The molecule has 1 aromatic heterocycles. The van der Waals surface area contributed by atoms with Crippen LogP contribution in [0.3, 0.4) is 0 Å². The van der Waals surface area contributed by atoms with E-state index >= 15 is 0 Å². The first-order valence-electron chi connectivity index (χ1n) is 6.06. The van der Waals surface area contributed by atoms with Crippen molar-refractivity contribution < 1.29 is 4.79 Å². The van der Waals surface area contributed by atoms with Gasteiger partial charge >= 0.3 is 0 Å². The van der Waals surface area contributed by atoms with Gasteiger partial charge in [0.15, 0.2) is 0 Å². The highest BCUT2D eigenvalue weighted by molar-refractivity contribution is 9.10. The maximum Gasteiger partial charge on any atom is 0.247 e. The Morgan fingerprint density at radius 1 is 1.65 bits per heavy atom. The van der Waals surface area contributed by atoms with E-state index in [9.17, 15) is 4.79 Å². The minimum absolute atomic E-state index is 0.173. The van der Waals surface area contributed by atoms with Crippen molar-refractivity contribution in [3.05, 3.63) is 16.9 Å². The third-order valence-electron chi connectivity index (χ3n) is 3.29. The normalized spacial score (nSPS) is 22.5. The van der Waals surface area contributed by atoms with Crippen LogP contribution < -0.4 is 0 Å². The molecular formula is C12H18BrN3O. The van der Waals surface area contributed by atoms with E-state index in [1.807, 2.05) is 18.0 Å². The van der Waals surface area contributed by atoms with Crippen LogP contribution in [0.25, 0.3) is 0 Å². The maximum absolute atomic E-state index is 12.3. The van der Waals surface area contributed by atoms with Gasteiger partial charge in [-0.05, 0) is 41.6 Å². The number of rotatable bonds is 2. The Balaban J connectivity index is 2.04. The number of carbonyl (C=O) groups is 1. The van der Waals surface area contributed by atoms with Gasteiger partial charge in [-0.1, -0.05) is 6.92 Å². The summed E-state index contributed by atoms with van der Waals surface area (Å²) in [6.45, 7) is 5.87. The average Bonchev–Trinajstić information content (AvgIpc) is 2.74. The molecule has 0 bridgehead atoms. The second-order valence-corrected chi connectivity index (χ2v) is 5.76. The summed E-state index contributed by atoms with van der Waals surface area (Å²) in [5.41, 5.74) is 0. The fraction of sp³-hybridized carbons (Fsp3) is 0.667. The monoisotopic (exact) mass is 299 g/mol. The molecule has 94 valence electrons. The predicted molar refractivity (Wildman–Crippen MR) is 69.6 cm³/mol. The molecule has 0 aromatic carbocycles. The van der Waals surface area contributed by atoms with E-state index in [-0.39, 0.29) is 11.9 Å². The lowest BCUT2D eigenvalue weighted by atomic mass is 10.00. The number of halogens is 1. The largest absolute Gasteiger partial charge is 0.341 e. The topological polar surface area (TPSA) is 38.1 Å². The zero-order chi connectivity index (χ0) is 12.4. The number of hydrogen-bond donors (Lipinski definition) is 0. The van der Waals surface area contributed by atoms with Gasteiger partial charge in [-0.3, -0.25) is 9.48 Å². The second kappa shape index (κ2) is 5.21. The molecular weight excluding hydrogens is 282 g/mol. The molecule has 17 heavy (non-hydrogen) atoms. The van der Waals surface area contributed by atoms with Crippen LogP contribution in [0, 0.1) is 5.92 Å². The van der Waals surface area contributed by atoms with Crippen LogP contribution in [0.1, 0.15) is 32.7 Å². The van der Waals surface area contributed by atoms with E-state index in [1.165, 1.54) is 6.42 Å². The first-order chi connectivity index (χ1) is 8.08. The number of hydrogen-bond acceptors (Lipinski definition) is 2. The molecule has 1 fully saturated rings. The first-order valence-corrected chi connectivity index (χ1v) is 6.85. The molecule has 0 N–H and O–H groups in total. The van der Waals surface area contributed by atoms with E-state index in [0.29, 0.717) is 5.92 Å². The van der Waals surface area contributed by atoms with Crippen molar-refractivity contribution >= 4 is 21.8 Å². The van der Waals surface area contributed by atoms with Crippen molar-refractivity contribution in [1.82, 2.24) is 14.7 Å². The fourth-order valence-electron chi connectivity index (χ4n) is 2.29. The number of nitrogens with zero attached hydrogens (tertiary/aromatic N) is 3. The van der Waals surface area contributed by atoms with Crippen LogP contribution in [-0.4, -0.2) is 33.7 Å². The minimum Gasteiger partial charge on any atom is -0.341 e. The van der Waals surface area contributed by atoms with Crippen LogP contribution in [0.4, 0.5) is 0 Å². The molecule has 2 atom stereocenters. The summed E-state index contributed by atoms with van der Waals surface area (Å²) < 4.78 is 2.62. The summed E-state index contributed by atoms with van der Waals surface area (Å²) in [5.74, 6) is 0.788. The Bertz CT molecular complexity index is 404. The summed E-state index contributed by atoms with van der Waals surface area (Å²) in [5, 5.41) is 4.17. The van der Waals surface area contributed by atoms with Crippen molar-refractivity contribution in [3.63, 3.8) is 0 Å². The Kier molecular flexibility index (Phi) is 3.86. The molecule has 1 aliphatic rings. The zero-order valence-electron chi connectivity index (χ0n) is 10.3. The predicted octanol–water partition coefficient (Wildman–Crippen LogP) is 2.47. The highest BCUT2D eigenvalue weighted by Gasteiger charge is 2.26. The van der Waals surface area contributed by atoms with E-state index < -0.39 is 0 Å². The molecule has 5 heteroatoms. The number of carbonyl (C=O) groups excluding carboxylic acids is 1. The molecule has 2 heterocycles. The van der Waals surface area contributed by atoms with E-state index in [0.717, 1.165) is 24.0 Å². The summed E-state index contributed by atoms with van der Waals surface area (Å²) in [4.78, 5) is 14.3. The van der Waals surface area contributed by atoms with Crippen molar-refractivity contribution in [3.8, 4) is 0 Å². The molecule has 0 radical (unpaired) electrons. The molecule has 0 aliphatic carbocycles. The Hall–Kier alpha value is -0.840. The minimum atomic E-state index is -0.216. The van der Waals surface area contributed by atoms with Gasteiger partial charge in [-0.2, -0.15) is 5.10 Å². The lowest BCUT2D eigenvalue weighted by molar-refractivity contribution is -0.136. The average molecular weight is 300 g/mol. The fourth-order valence-corrected chi connectivity index (χ4v) is 2.59. The summed E-state index contributed by atoms with van der Waals surface area (Å²) in [6.07, 6.45) is 5.90. The van der Waals surface area contributed by atoms with Gasteiger partial charge in [-0.15, -0.1) is 0 Å². The third kappa shape index (κ3) is 2.89. The van der Waals surface area contributed by atoms with Crippen molar-refractivity contribution in [1.29, 1.82) is 0 Å². The standard InChI is InChI=1S/C12H18BrN3O/c1-9-4-3-5-15(7-9)12(17)10(2)16-8-11(13)6-14-16/h6,8-10H,3-5,7H2,1-2H3/t9-,10+/m1/s1. The Morgan fingerprint density at radius 2 is 2.41 bits per heavy atom. The molecule has 1 amide bonds. The van der Waals surface area contributed by atoms with Crippen LogP contribution >= 0.6 is 15.9 Å². The molecule has 1 aromatic rings. The second-order valence-electron chi connectivity index (χ2n) is 4.85. The lowest BCUT2D eigenvalue weighted by Crippen LogP contribution is -2.42. The van der Waals surface area contributed by atoms with Crippen LogP contribution in [0.5, 0.6) is 0 Å². The molecule has 0 saturated carbocycles. The van der Waals surface area contributed by atoms with Gasteiger partial charge in [0.2, 0.25) is 5.91 Å². The van der Waals surface area contributed by atoms with E-state index in [4.69, 9.17) is 0 Å². The molecule has 1 aliphatic heterocycles. The van der Waals surface area contributed by atoms with E-state index in [2.05, 4.69) is 28.0 Å². The van der Waals surface area contributed by atoms with Gasteiger partial charge in [0.1, 0.15) is 6.04 Å². The third-order valence-corrected chi connectivity index (χ3v) is 3.70. The smallest absolute Gasteiger partial charge is 0.247 e. The molecule has 4 nitrogen and oxygen atoms in total. The molecule has 1 saturated heterocycles. The van der Waals surface area contributed by atoms with Gasteiger partial charge < -0.3 is 4.90 Å². The lowest BCUT2D eigenvalue weighted by Gasteiger charge is -2.32. The van der Waals surface area contributed by atoms with Gasteiger partial charge in [0, 0.05) is 19.3 Å². The van der Waals surface area contributed by atoms with Gasteiger partial charge in [0.05, 0.1) is 10.7 Å². The quantitative estimate of drug-likeness (QED) is 0.841. The van der Waals surface area contributed by atoms with Crippen LogP contribution in [0.2, 0.25) is 0 Å². The Morgan fingerprint density at radius 3 is 3.00 bits per heavy atom. The summed E-state index contributed by atoms with van der Waals surface area (Å²) in [7, 11) is 0. The van der Waals surface area contributed by atoms with Gasteiger partial charge in [0.25, 0.3) is 0 Å². The van der Waals surface area contributed by atoms with E-state index in [1.54, 1.807) is 10.9 Å². The molecule has 0 unspecified atom stereocenters. The highest BCUT2D eigenvalue weighted by atomic mass is 79.9. The molecule has 0 spiro atoms. The van der Waals surface area contributed by atoms with Crippen molar-refractivity contribution in [2.24, 2.45) is 5.92 Å². The molecule has 2 rings (SSSR count). The van der Waals surface area contributed by atoms with Crippen molar-refractivity contribution in [2.75, 3.05) is 13.1 Å². The maximum atomic E-state index is 12.3. The van der Waals surface area contributed by atoms with Gasteiger partial charge in [-0.25, -0.2) is 0 Å². The van der Waals surface area contributed by atoms with Crippen LogP contribution in [-0.2, 0) is 4.79 Å². The first kappa shape index (κ1) is 12.6. The van der Waals surface area contributed by atoms with Crippen LogP contribution in [0.15, 0.2) is 16.9 Å². The number of likely N-dealkylation sites (tertiary alicyclic amines) is 1. The Labute approximate surface area is 110 Å².